The smallest absolute Gasteiger partial charge is 1.00 e. The largest absolute Gasteiger partial charge is 2.00 e. The molecule has 0 saturated heterocycles. The summed E-state index contributed by atoms with van der Waals surface area (Å²) in [7, 11) is 0. The van der Waals surface area contributed by atoms with E-state index in [9.17, 15) is 0 Å². The van der Waals surface area contributed by atoms with E-state index in [1.54, 1.807) is 0 Å². The Balaban J connectivity index is -0.000000209. The maximum Gasteiger partial charge on any atom is 2.00 e. The SMILES string of the molecule is CC/C=C/C1=[C-]CC=C1.CC/C=C/C1=[C-]CC=C1.CC/C=C/C1=[C-]CC=C1.CC/C=C/C1=[C-]CC=C1.[Cl-].[Cl-].[Zr+2].[Zr+2]. The Hall–Kier alpha value is -0.774. The predicted octanol–water partition coefficient (Wildman–Crippen LogP) is 4.57. The second-order valence-electron chi connectivity index (χ2n) is 8.20. The topological polar surface area (TPSA) is 0 Å². The van der Waals surface area contributed by atoms with E-state index in [2.05, 4.69) is 149 Å². The monoisotopic (exact) mass is 726 g/mol. The van der Waals surface area contributed by atoms with Crippen molar-refractivity contribution in [1.29, 1.82) is 0 Å². The zero-order valence-electron chi connectivity index (χ0n) is 24.7. The van der Waals surface area contributed by atoms with Crippen LogP contribution in [0.25, 0.3) is 0 Å². The quantitative estimate of drug-likeness (QED) is 0.322. The fourth-order valence-corrected chi connectivity index (χ4v) is 3.12. The van der Waals surface area contributed by atoms with Crippen molar-refractivity contribution in [3.05, 3.63) is 144 Å². The average molecular weight is 730 g/mol. The van der Waals surface area contributed by atoms with E-state index < -0.39 is 0 Å². The Morgan fingerprint density at radius 2 is 0.650 bits per heavy atom. The van der Waals surface area contributed by atoms with Gasteiger partial charge in [-0.3, -0.25) is 0 Å². The summed E-state index contributed by atoms with van der Waals surface area (Å²) in [5, 5.41) is 0. The molecule has 0 atom stereocenters. The molecule has 0 saturated carbocycles. The molecule has 0 amide bonds. The van der Waals surface area contributed by atoms with E-state index in [1.165, 1.54) is 22.3 Å². The minimum Gasteiger partial charge on any atom is -1.00 e. The minimum absolute atomic E-state index is 0. The molecule has 0 radical (unpaired) electrons. The molecule has 0 nitrogen and oxygen atoms in total. The fourth-order valence-electron chi connectivity index (χ4n) is 3.12. The van der Waals surface area contributed by atoms with Gasteiger partial charge < -0.3 is 24.8 Å². The first-order valence-electron chi connectivity index (χ1n) is 13.5. The number of allylic oxidation sites excluding steroid dienone is 24. The molecule has 4 rings (SSSR count). The van der Waals surface area contributed by atoms with E-state index in [-0.39, 0.29) is 77.2 Å². The average Bonchev–Trinajstić information content (AvgIpc) is 3.74. The summed E-state index contributed by atoms with van der Waals surface area (Å²) in [6, 6.07) is 0. The van der Waals surface area contributed by atoms with Crippen LogP contribution in [0.3, 0.4) is 0 Å². The van der Waals surface area contributed by atoms with Crippen LogP contribution in [0.4, 0.5) is 0 Å². The van der Waals surface area contributed by atoms with Gasteiger partial charge in [0.25, 0.3) is 0 Å². The summed E-state index contributed by atoms with van der Waals surface area (Å²) >= 11 is 0. The predicted molar refractivity (Wildman–Crippen MR) is 160 cm³/mol. The van der Waals surface area contributed by atoms with Crippen LogP contribution in [-0.2, 0) is 52.4 Å². The van der Waals surface area contributed by atoms with Crippen LogP contribution in [0.1, 0.15) is 79.1 Å². The molecular weight excluding hydrogens is 686 g/mol. The number of halogens is 2. The number of hydrogen-bond donors (Lipinski definition) is 0. The third-order valence-corrected chi connectivity index (χ3v) is 5.02. The maximum atomic E-state index is 3.21. The van der Waals surface area contributed by atoms with Crippen LogP contribution in [0.2, 0.25) is 0 Å². The molecule has 0 spiro atoms. The van der Waals surface area contributed by atoms with E-state index in [0.717, 1.165) is 51.4 Å². The molecule has 0 bridgehead atoms. The van der Waals surface area contributed by atoms with Crippen LogP contribution < -0.4 is 24.8 Å². The summed E-state index contributed by atoms with van der Waals surface area (Å²) in [6.45, 7) is 8.54. The molecule has 0 N–H and O–H groups in total. The molecular formula is C36H44Cl2Zr2-2. The van der Waals surface area contributed by atoms with Crippen molar-refractivity contribution in [3.63, 3.8) is 0 Å². The molecule has 0 heterocycles. The van der Waals surface area contributed by atoms with E-state index in [1.807, 2.05) is 0 Å². The number of hydrogen-bond acceptors (Lipinski definition) is 0. The van der Waals surface area contributed by atoms with Crippen LogP contribution in [0.15, 0.2) is 120 Å². The minimum atomic E-state index is 0. The van der Waals surface area contributed by atoms with Crippen LogP contribution in [-0.4, -0.2) is 0 Å². The summed E-state index contributed by atoms with van der Waals surface area (Å²) in [4.78, 5) is 0. The van der Waals surface area contributed by atoms with Gasteiger partial charge in [0.1, 0.15) is 0 Å². The zero-order chi connectivity index (χ0) is 26.1. The Bertz CT molecular complexity index is 818. The van der Waals surface area contributed by atoms with Crippen molar-refractivity contribution in [2.24, 2.45) is 0 Å². The first-order valence-corrected chi connectivity index (χ1v) is 13.5. The van der Waals surface area contributed by atoms with Gasteiger partial charge in [-0.15, -0.1) is 48.6 Å². The molecule has 4 aliphatic carbocycles. The van der Waals surface area contributed by atoms with Gasteiger partial charge in [-0.25, -0.2) is 0 Å². The second-order valence-corrected chi connectivity index (χ2v) is 8.20. The first-order chi connectivity index (χ1) is 17.7. The Kier molecular flexibility index (Phi) is 39.8. The van der Waals surface area contributed by atoms with Gasteiger partial charge in [-0.1, -0.05) is 53.4 Å². The summed E-state index contributed by atoms with van der Waals surface area (Å²) in [5.41, 5.74) is 4.93. The molecule has 0 unspecified atom stereocenters. The summed E-state index contributed by atoms with van der Waals surface area (Å²) in [5.74, 6) is 0. The van der Waals surface area contributed by atoms with Crippen molar-refractivity contribution in [2.45, 2.75) is 79.1 Å². The van der Waals surface area contributed by atoms with Gasteiger partial charge in [-0.05, 0) is 25.7 Å². The van der Waals surface area contributed by atoms with E-state index >= 15 is 0 Å². The third-order valence-electron chi connectivity index (χ3n) is 5.02. The van der Waals surface area contributed by atoms with Crippen molar-refractivity contribution in [3.8, 4) is 0 Å². The van der Waals surface area contributed by atoms with E-state index in [4.69, 9.17) is 0 Å². The first kappa shape index (κ1) is 46.2. The molecule has 0 aromatic carbocycles. The summed E-state index contributed by atoms with van der Waals surface area (Å²) in [6.07, 6.45) is 55.2. The molecule has 40 heavy (non-hydrogen) atoms. The molecule has 0 aromatic heterocycles. The Labute approximate surface area is 297 Å². The zero-order valence-corrected chi connectivity index (χ0v) is 31.1. The standard InChI is InChI=1S/4C9H11.2ClH.2Zr/c4*1-2-3-6-9-7-4-5-8-9;;;;/h4*3-4,6-7H,2,5H2,1H3;2*1H;;/q4*-1;;;2*+2/p-2/b4*6-3+;;;;. The van der Waals surface area contributed by atoms with Crippen molar-refractivity contribution < 1.29 is 77.2 Å². The van der Waals surface area contributed by atoms with Crippen LogP contribution >= 0.6 is 0 Å². The van der Waals surface area contributed by atoms with Gasteiger partial charge in [-0.2, -0.15) is 95.2 Å². The van der Waals surface area contributed by atoms with Crippen LogP contribution in [0, 0.1) is 24.3 Å². The normalized spacial score (nSPS) is 15.5. The maximum absolute atomic E-state index is 3.21. The van der Waals surface area contributed by atoms with Gasteiger partial charge in [0.2, 0.25) is 0 Å². The van der Waals surface area contributed by atoms with Gasteiger partial charge in [0.05, 0.1) is 0 Å². The van der Waals surface area contributed by atoms with Gasteiger partial charge in [0.15, 0.2) is 0 Å². The summed E-state index contributed by atoms with van der Waals surface area (Å²) < 4.78 is 0. The van der Waals surface area contributed by atoms with Gasteiger partial charge >= 0.3 is 52.4 Å². The second kappa shape index (κ2) is 34.4. The molecule has 4 aliphatic rings. The van der Waals surface area contributed by atoms with Crippen molar-refractivity contribution >= 4 is 0 Å². The Morgan fingerprint density at radius 1 is 0.450 bits per heavy atom. The van der Waals surface area contributed by atoms with E-state index in [0.29, 0.717) is 0 Å². The van der Waals surface area contributed by atoms with Crippen molar-refractivity contribution in [1.82, 2.24) is 0 Å². The van der Waals surface area contributed by atoms with Crippen LogP contribution in [0.5, 0.6) is 0 Å². The molecule has 0 fully saturated rings. The molecule has 0 aliphatic heterocycles. The fraction of sp³-hybridized carbons (Fsp3) is 0.333. The Morgan fingerprint density at radius 3 is 0.775 bits per heavy atom. The molecule has 0 aromatic rings. The third kappa shape index (κ3) is 26.1. The molecule has 212 valence electrons. The van der Waals surface area contributed by atoms with Gasteiger partial charge in [0, 0.05) is 0 Å². The van der Waals surface area contributed by atoms with Crippen molar-refractivity contribution in [2.75, 3.05) is 0 Å². The number of rotatable bonds is 8. The molecule has 4 heteroatoms.